The van der Waals surface area contributed by atoms with Crippen LogP contribution in [0.15, 0.2) is 182 Å². The highest BCUT2D eigenvalue weighted by atomic mass is 15.0. The van der Waals surface area contributed by atoms with Crippen LogP contribution in [0, 0.1) is 5.92 Å². The lowest BCUT2D eigenvalue weighted by Crippen LogP contribution is -2.13. The number of nitrogens with zero attached hydrogens (tertiary/aromatic N) is 5. The second-order valence-electron chi connectivity index (χ2n) is 13.4. The molecule has 5 nitrogen and oxygen atoms in total. The smallest absolute Gasteiger partial charge is 0.163 e. The van der Waals surface area contributed by atoms with Gasteiger partial charge in [-0.2, -0.15) is 0 Å². The Labute approximate surface area is 309 Å². The van der Waals surface area contributed by atoms with E-state index in [0.29, 0.717) is 11.6 Å². The number of hydrogen-bond donors (Lipinski definition) is 0. The molecule has 0 amide bonds. The number of benzene rings is 5. The molecule has 2 atom stereocenters. The van der Waals surface area contributed by atoms with Crippen LogP contribution in [0.5, 0.6) is 0 Å². The fourth-order valence-electron chi connectivity index (χ4n) is 7.18. The van der Waals surface area contributed by atoms with E-state index in [4.69, 9.17) is 24.9 Å². The third kappa shape index (κ3) is 6.45. The zero-order chi connectivity index (χ0) is 35.6. The third-order valence-corrected chi connectivity index (χ3v) is 9.92. The van der Waals surface area contributed by atoms with E-state index in [1.165, 1.54) is 10.8 Å². The number of rotatable bonds is 7. The molecule has 5 heteroatoms. The third-order valence-electron chi connectivity index (χ3n) is 9.92. The molecule has 8 aromatic rings. The van der Waals surface area contributed by atoms with E-state index in [1.54, 1.807) is 0 Å². The highest BCUT2D eigenvalue weighted by Crippen LogP contribution is 2.41. The summed E-state index contributed by atoms with van der Waals surface area (Å²) in [5.41, 5.74) is 10.3. The van der Waals surface area contributed by atoms with Crippen LogP contribution in [0.3, 0.4) is 0 Å². The molecule has 3 heterocycles. The Morgan fingerprint density at radius 2 is 1.04 bits per heavy atom. The average molecular weight is 682 g/mol. The molecule has 2 unspecified atom stereocenters. The van der Waals surface area contributed by atoms with Gasteiger partial charge in [0.2, 0.25) is 0 Å². The van der Waals surface area contributed by atoms with Crippen molar-refractivity contribution in [2.45, 2.75) is 12.8 Å². The summed E-state index contributed by atoms with van der Waals surface area (Å²) in [5.74, 6) is 2.47. The van der Waals surface area contributed by atoms with Gasteiger partial charge in [0.15, 0.2) is 11.6 Å². The summed E-state index contributed by atoms with van der Waals surface area (Å²) in [7, 11) is 0. The first-order chi connectivity index (χ1) is 26.2. The van der Waals surface area contributed by atoms with Gasteiger partial charge in [-0.3, -0.25) is 9.97 Å². The molecule has 53 heavy (non-hydrogen) atoms. The zero-order valence-corrected chi connectivity index (χ0v) is 29.2. The highest BCUT2D eigenvalue weighted by Gasteiger charge is 2.22. The summed E-state index contributed by atoms with van der Waals surface area (Å²) in [6.45, 7) is 2.21. The maximum atomic E-state index is 5.08. The summed E-state index contributed by atoms with van der Waals surface area (Å²) in [4.78, 5) is 24.5. The van der Waals surface area contributed by atoms with Gasteiger partial charge in [0.05, 0.1) is 11.4 Å². The summed E-state index contributed by atoms with van der Waals surface area (Å²) in [5, 5.41) is 2.36. The van der Waals surface area contributed by atoms with Crippen LogP contribution in [0.25, 0.3) is 78.3 Å². The van der Waals surface area contributed by atoms with Gasteiger partial charge >= 0.3 is 0 Å². The molecule has 0 fully saturated rings. The molecule has 0 spiro atoms. The Morgan fingerprint density at radius 3 is 1.70 bits per heavy atom. The van der Waals surface area contributed by atoms with Crippen LogP contribution < -0.4 is 0 Å². The first kappa shape index (κ1) is 32.1. The van der Waals surface area contributed by atoms with E-state index in [2.05, 4.69) is 134 Å². The lowest BCUT2D eigenvalue weighted by molar-refractivity contribution is 0.600. The van der Waals surface area contributed by atoms with E-state index in [-0.39, 0.29) is 11.8 Å². The van der Waals surface area contributed by atoms with Crippen molar-refractivity contribution in [1.82, 2.24) is 24.9 Å². The Hall–Kier alpha value is -6.85. The van der Waals surface area contributed by atoms with Crippen molar-refractivity contribution < 1.29 is 0 Å². The summed E-state index contributed by atoms with van der Waals surface area (Å²) >= 11 is 0. The van der Waals surface area contributed by atoms with Crippen molar-refractivity contribution in [1.29, 1.82) is 0 Å². The molecule has 0 N–H and O–H groups in total. The lowest BCUT2D eigenvalue weighted by Gasteiger charge is -2.20. The van der Waals surface area contributed by atoms with Crippen molar-refractivity contribution >= 4 is 10.8 Å². The number of pyridine rings is 2. The topological polar surface area (TPSA) is 64.5 Å². The van der Waals surface area contributed by atoms with Crippen molar-refractivity contribution in [2.24, 2.45) is 5.92 Å². The molecule has 9 rings (SSSR count). The van der Waals surface area contributed by atoms with Crippen LogP contribution in [0.2, 0.25) is 0 Å². The average Bonchev–Trinajstić information content (AvgIpc) is 3.24. The predicted octanol–water partition coefficient (Wildman–Crippen LogP) is 11.7. The predicted molar refractivity (Wildman–Crippen MR) is 216 cm³/mol. The molecule has 5 aromatic carbocycles. The maximum Gasteiger partial charge on any atom is 0.163 e. The SMILES string of the molecule is CC1C=CC=CC1c1nc(-c2ccccc2)nc(-c2ccc(-c3c(-c4cc(-c5ccccn5)cc(-c5ccccn5)c4)ccc4ccccc34)cc2)n1. The number of fused-ring (bicyclic) bond motifs is 1. The molecule has 1 aliphatic carbocycles. The minimum absolute atomic E-state index is 0.0690. The Morgan fingerprint density at radius 1 is 0.453 bits per heavy atom. The first-order valence-corrected chi connectivity index (χ1v) is 18.0. The van der Waals surface area contributed by atoms with Gasteiger partial charge in [-0.1, -0.05) is 134 Å². The minimum atomic E-state index is 0.0690. The van der Waals surface area contributed by atoms with Crippen molar-refractivity contribution in [2.75, 3.05) is 0 Å². The van der Waals surface area contributed by atoms with Crippen LogP contribution >= 0.6 is 0 Å². The second kappa shape index (κ2) is 14.0. The maximum absolute atomic E-state index is 5.08. The van der Waals surface area contributed by atoms with E-state index in [1.807, 2.05) is 54.9 Å². The standard InChI is InChI=1S/C48H35N5/c1-32-13-5-7-17-40(32)48-52-46(35-15-3-2-4-16-35)51-47(53-48)36-23-21-34(22-24-36)45-41-18-8-6-14-33(41)25-26-42(45)37-29-38(43-19-9-11-27-49-43)31-39(30-37)44-20-10-12-28-50-44/h2-32,40H,1H3. The minimum Gasteiger partial charge on any atom is -0.256 e. The molecule has 0 saturated heterocycles. The fraction of sp³-hybridized carbons (Fsp3) is 0.0625. The molecule has 0 bridgehead atoms. The number of allylic oxidation sites excluding steroid dienone is 4. The molecule has 0 saturated carbocycles. The van der Waals surface area contributed by atoms with E-state index in [9.17, 15) is 0 Å². The first-order valence-electron chi connectivity index (χ1n) is 18.0. The van der Waals surface area contributed by atoms with Crippen molar-refractivity contribution in [3.63, 3.8) is 0 Å². The molecule has 0 radical (unpaired) electrons. The normalized spacial score (nSPS) is 15.1. The van der Waals surface area contributed by atoms with Crippen molar-refractivity contribution in [3.8, 4) is 67.5 Å². The molecule has 252 valence electrons. The van der Waals surface area contributed by atoms with Gasteiger partial charge in [0.25, 0.3) is 0 Å². The quantitative estimate of drug-likeness (QED) is 0.167. The largest absolute Gasteiger partial charge is 0.256 e. The van der Waals surface area contributed by atoms with E-state index >= 15 is 0 Å². The Balaban J connectivity index is 1.19. The summed E-state index contributed by atoms with van der Waals surface area (Å²) < 4.78 is 0. The van der Waals surface area contributed by atoms with Gasteiger partial charge in [0, 0.05) is 40.6 Å². The van der Waals surface area contributed by atoms with Gasteiger partial charge in [-0.05, 0) is 81.4 Å². The van der Waals surface area contributed by atoms with Gasteiger partial charge in [-0.15, -0.1) is 0 Å². The van der Waals surface area contributed by atoms with Crippen LogP contribution in [-0.4, -0.2) is 24.9 Å². The summed E-state index contributed by atoms with van der Waals surface area (Å²) in [6.07, 6.45) is 12.2. The van der Waals surface area contributed by atoms with Gasteiger partial charge < -0.3 is 0 Å². The van der Waals surface area contributed by atoms with E-state index in [0.717, 1.165) is 61.7 Å². The number of aromatic nitrogens is 5. The van der Waals surface area contributed by atoms with Crippen molar-refractivity contribution in [3.05, 3.63) is 188 Å². The monoisotopic (exact) mass is 681 g/mol. The second-order valence-corrected chi connectivity index (χ2v) is 13.4. The fourth-order valence-corrected chi connectivity index (χ4v) is 7.18. The highest BCUT2D eigenvalue weighted by molar-refractivity contribution is 6.05. The van der Waals surface area contributed by atoms with Crippen LogP contribution in [-0.2, 0) is 0 Å². The zero-order valence-electron chi connectivity index (χ0n) is 29.2. The Kier molecular flexibility index (Phi) is 8.50. The van der Waals surface area contributed by atoms with Crippen LogP contribution in [0.4, 0.5) is 0 Å². The van der Waals surface area contributed by atoms with Crippen LogP contribution in [0.1, 0.15) is 18.7 Å². The van der Waals surface area contributed by atoms with Gasteiger partial charge in [-0.25, -0.2) is 15.0 Å². The number of hydrogen-bond acceptors (Lipinski definition) is 5. The molecule has 3 aromatic heterocycles. The Bertz CT molecular complexity index is 2560. The molecular weight excluding hydrogens is 647 g/mol. The van der Waals surface area contributed by atoms with E-state index < -0.39 is 0 Å². The van der Waals surface area contributed by atoms with Gasteiger partial charge in [0.1, 0.15) is 5.82 Å². The molecule has 0 aliphatic heterocycles. The summed E-state index contributed by atoms with van der Waals surface area (Å²) in [6, 6.07) is 50.6. The molecule has 1 aliphatic rings. The molecular formula is C48H35N5. The lowest BCUT2D eigenvalue weighted by atomic mass is 9.87.